The van der Waals surface area contributed by atoms with E-state index in [2.05, 4.69) is 26.8 Å². The molecule has 2 aliphatic carbocycles. The quantitative estimate of drug-likeness (QED) is 0.682. The number of carbonyl (C=O) groups excluding carboxylic acids is 1. The molecule has 0 aromatic carbocycles. The summed E-state index contributed by atoms with van der Waals surface area (Å²) in [5.41, 5.74) is 0.358. The van der Waals surface area contributed by atoms with Crippen LogP contribution in [0.4, 0.5) is 0 Å². The molecule has 4 atom stereocenters. The smallest absolute Gasteiger partial charge is 0.302 e. The Hall–Kier alpha value is -0.990. The minimum absolute atomic E-state index is 0.204. The molecule has 2 fully saturated rings. The molecule has 2 saturated carbocycles. The molecule has 0 saturated heterocycles. The van der Waals surface area contributed by atoms with Gasteiger partial charge in [0.05, 0.1) is 5.76 Å². The highest BCUT2D eigenvalue weighted by molar-refractivity contribution is 5.66. The predicted molar refractivity (Wildman–Crippen MR) is 90.8 cm³/mol. The van der Waals surface area contributed by atoms with E-state index in [1.54, 1.807) is 0 Å². The predicted octanol–water partition coefficient (Wildman–Crippen LogP) is 4.86. The molecular weight excluding hydrogens is 288 g/mol. The molecule has 0 unspecified atom stereocenters. The zero-order valence-corrected chi connectivity index (χ0v) is 15.4. The van der Waals surface area contributed by atoms with Gasteiger partial charge < -0.3 is 9.47 Å². The molecule has 3 heteroatoms. The minimum atomic E-state index is -0.316. The van der Waals surface area contributed by atoms with Gasteiger partial charge >= 0.3 is 5.97 Å². The summed E-state index contributed by atoms with van der Waals surface area (Å²) in [4.78, 5) is 11.4. The molecule has 0 aromatic rings. The molecule has 0 N–H and O–H groups in total. The molecule has 0 amide bonds. The van der Waals surface area contributed by atoms with E-state index in [9.17, 15) is 4.79 Å². The summed E-state index contributed by atoms with van der Waals surface area (Å²) in [5, 5.41) is 0. The number of hydrogen-bond acceptors (Lipinski definition) is 3. The maximum atomic E-state index is 11.4. The second-order valence-electron chi connectivity index (χ2n) is 8.99. The van der Waals surface area contributed by atoms with Crippen molar-refractivity contribution in [1.29, 1.82) is 0 Å². The van der Waals surface area contributed by atoms with Gasteiger partial charge in [0.25, 0.3) is 0 Å². The lowest BCUT2D eigenvalue weighted by molar-refractivity contribution is -0.210. The van der Waals surface area contributed by atoms with Gasteiger partial charge in [-0.2, -0.15) is 0 Å². The third-order valence-electron chi connectivity index (χ3n) is 7.09. The van der Waals surface area contributed by atoms with Crippen LogP contribution in [0, 0.1) is 22.7 Å². The Kier molecular flexibility index (Phi) is 4.05. The Morgan fingerprint density at radius 1 is 1.26 bits per heavy atom. The lowest BCUT2D eigenvalue weighted by Crippen LogP contribution is -2.61. The second-order valence-corrected chi connectivity index (χ2v) is 8.99. The van der Waals surface area contributed by atoms with E-state index in [-0.39, 0.29) is 17.0 Å². The molecular formula is C20H32O3. The van der Waals surface area contributed by atoms with Gasteiger partial charge in [-0.3, -0.25) is 4.79 Å². The zero-order chi connectivity index (χ0) is 16.9. The largest absolute Gasteiger partial charge is 0.488 e. The zero-order valence-electron chi connectivity index (χ0n) is 15.4. The normalized spacial score (nSPS) is 41.9. The number of carbonyl (C=O) groups is 1. The van der Waals surface area contributed by atoms with Crippen LogP contribution in [-0.2, 0) is 14.3 Å². The number of esters is 1. The van der Waals surface area contributed by atoms with Crippen LogP contribution in [0.15, 0.2) is 11.8 Å². The van der Waals surface area contributed by atoms with Crippen molar-refractivity contribution >= 4 is 5.97 Å². The van der Waals surface area contributed by atoms with Crippen molar-refractivity contribution in [2.24, 2.45) is 22.7 Å². The summed E-state index contributed by atoms with van der Waals surface area (Å²) in [6.07, 6.45) is 9.36. The summed E-state index contributed by atoms with van der Waals surface area (Å²) in [6.45, 7) is 11.3. The number of allylic oxidation sites excluding steroid dienone is 2. The van der Waals surface area contributed by atoms with Crippen LogP contribution in [0.2, 0.25) is 0 Å². The van der Waals surface area contributed by atoms with Crippen molar-refractivity contribution in [2.75, 3.05) is 6.61 Å². The van der Waals surface area contributed by atoms with Crippen LogP contribution in [0.5, 0.6) is 0 Å². The molecule has 3 rings (SSSR count). The Labute approximate surface area is 140 Å². The second kappa shape index (κ2) is 5.53. The van der Waals surface area contributed by atoms with E-state index in [1.165, 1.54) is 32.6 Å². The number of ether oxygens (including phenoxy) is 2. The summed E-state index contributed by atoms with van der Waals surface area (Å²) in [6, 6.07) is 0. The van der Waals surface area contributed by atoms with Crippen LogP contribution in [0.3, 0.4) is 0 Å². The first kappa shape index (κ1) is 16.9. The third-order valence-corrected chi connectivity index (χ3v) is 7.09. The molecule has 3 aliphatic rings. The van der Waals surface area contributed by atoms with E-state index >= 15 is 0 Å². The summed E-state index contributed by atoms with van der Waals surface area (Å²) >= 11 is 0. The Morgan fingerprint density at radius 3 is 2.70 bits per heavy atom. The van der Waals surface area contributed by atoms with E-state index in [0.717, 1.165) is 24.5 Å². The van der Waals surface area contributed by atoms with Crippen LogP contribution in [-0.4, -0.2) is 18.2 Å². The summed E-state index contributed by atoms with van der Waals surface area (Å²) in [7, 11) is 0. The van der Waals surface area contributed by atoms with Gasteiger partial charge in [0, 0.05) is 12.8 Å². The van der Waals surface area contributed by atoms with E-state index in [4.69, 9.17) is 9.47 Å². The fourth-order valence-electron chi connectivity index (χ4n) is 6.15. The minimum Gasteiger partial charge on any atom is -0.488 e. The van der Waals surface area contributed by atoms with Crippen LogP contribution >= 0.6 is 0 Å². The van der Waals surface area contributed by atoms with Gasteiger partial charge in [-0.25, -0.2) is 0 Å². The maximum absolute atomic E-state index is 11.4. The fourth-order valence-corrected chi connectivity index (χ4v) is 6.15. The van der Waals surface area contributed by atoms with E-state index in [1.807, 2.05) is 6.92 Å². The molecule has 0 bridgehead atoms. The van der Waals surface area contributed by atoms with Gasteiger partial charge in [0.2, 0.25) is 0 Å². The van der Waals surface area contributed by atoms with Crippen molar-refractivity contribution in [3.05, 3.63) is 11.8 Å². The first-order valence-corrected chi connectivity index (χ1v) is 9.19. The molecule has 1 aliphatic heterocycles. The molecule has 23 heavy (non-hydrogen) atoms. The number of hydrogen-bond donors (Lipinski definition) is 0. The first-order valence-electron chi connectivity index (χ1n) is 9.19. The maximum Gasteiger partial charge on any atom is 0.302 e. The first-order chi connectivity index (χ1) is 10.7. The molecule has 0 spiro atoms. The van der Waals surface area contributed by atoms with Crippen LogP contribution in [0.1, 0.15) is 73.1 Å². The van der Waals surface area contributed by atoms with Crippen LogP contribution < -0.4 is 0 Å². The number of rotatable bonds is 2. The van der Waals surface area contributed by atoms with Crippen LogP contribution in [0.25, 0.3) is 0 Å². The highest BCUT2D eigenvalue weighted by Crippen LogP contribution is 2.64. The average Bonchev–Trinajstić information content (AvgIpc) is 2.43. The Bertz CT molecular complexity index is 521. The third kappa shape index (κ3) is 2.70. The van der Waals surface area contributed by atoms with Gasteiger partial charge in [0.1, 0.15) is 12.2 Å². The van der Waals surface area contributed by atoms with Gasteiger partial charge in [-0.15, -0.1) is 0 Å². The highest BCUT2D eigenvalue weighted by atomic mass is 16.6. The standard InChI is InChI=1S/C20H32O3/c1-14-7-8-17-19(5)11-6-10-18(3,4)16(19)9-12-20(17,23-14)13-22-15(2)21/h7,16-17H,6,8-13H2,1-5H3/t16-,17+,19-,20+/m0/s1. The number of fused-ring (bicyclic) bond motifs is 3. The lowest BCUT2D eigenvalue weighted by atomic mass is 9.45. The van der Waals surface area contributed by atoms with E-state index in [0.29, 0.717) is 17.9 Å². The molecule has 130 valence electrons. The average molecular weight is 320 g/mol. The topological polar surface area (TPSA) is 35.5 Å². The Morgan fingerprint density at radius 2 is 2.00 bits per heavy atom. The monoisotopic (exact) mass is 320 g/mol. The van der Waals surface area contributed by atoms with Crippen molar-refractivity contribution < 1.29 is 14.3 Å². The SMILES string of the molecule is CC(=O)OC[C@]12CC[C@H]3C(C)(C)CCC[C@]3(C)[C@H]1CC=C(C)O2. The molecule has 0 aromatic heterocycles. The van der Waals surface area contributed by atoms with Crippen molar-refractivity contribution in [1.82, 2.24) is 0 Å². The van der Waals surface area contributed by atoms with Gasteiger partial charge in [-0.1, -0.05) is 27.2 Å². The van der Waals surface area contributed by atoms with Gasteiger partial charge in [-0.05, 0) is 61.9 Å². The Balaban J connectivity index is 1.96. The van der Waals surface area contributed by atoms with Gasteiger partial charge in [0.15, 0.2) is 0 Å². The summed E-state index contributed by atoms with van der Waals surface area (Å²) in [5.74, 6) is 1.96. The molecule has 1 heterocycles. The van der Waals surface area contributed by atoms with Crippen molar-refractivity contribution in [2.45, 2.75) is 78.7 Å². The molecule has 3 nitrogen and oxygen atoms in total. The van der Waals surface area contributed by atoms with Crippen molar-refractivity contribution in [3.8, 4) is 0 Å². The fraction of sp³-hybridized carbons (Fsp3) is 0.850. The summed E-state index contributed by atoms with van der Waals surface area (Å²) < 4.78 is 11.9. The van der Waals surface area contributed by atoms with E-state index < -0.39 is 0 Å². The van der Waals surface area contributed by atoms with Crippen molar-refractivity contribution in [3.63, 3.8) is 0 Å². The molecule has 0 radical (unpaired) electrons. The highest BCUT2D eigenvalue weighted by Gasteiger charge is 2.61. The lowest BCUT2D eigenvalue weighted by Gasteiger charge is -2.63.